The van der Waals surface area contributed by atoms with Gasteiger partial charge in [-0.1, -0.05) is 212 Å². The van der Waals surface area contributed by atoms with Crippen LogP contribution in [-0.2, 0) is 0 Å². The Morgan fingerprint density at radius 1 is 0.216 bits per heavy atom. The third-order valence-electron chi connectivity index (χ3n) is 18.5. The molecule has 0 radical (unpaired) electrons. The topological polar surface area (TPSA) is 31.4 Å². The Kier molecular flexibility index (Phi) is 41.4. The average Bonchev–Trinajstić information content (AvgIpc) is 0.833. The van der Waals surface area contributed by atoms with Crippen LogP contribution in [0.4, 0.5) is 132 Å². The lowest BCUT2D eigenvalue weighted by atomic mass is 9.36. The van der Waals surface area contributed by atoms with Crippen LogP contribution in [-0.4, -0.2) is 38.5 Å². The lowest BCUT2D eigenvalue weighted by Crippen LogP contribution is -3.09. The minimum atomic E-state index is -3.96. The summed E-state index contributed by atoms with van der Waals surface area (Å²) >= 11 is 0. The number of quaternary nitrogens is 1. The fraction of sp³-hybridized carbons (Fsp3) is 0.487. The van der Waals surface area contributed by atoms with Gasteiger partial charge in [0.15, 0.2) is 175 Å². The van der Waals surface area contributed by atoms with Crippen molar-refractivity contribution in [3.05, 3.63) is 193 Å². The maximum Gasteiger partial charge on any atom is 0.265 e. The third kappa shape index (κ3) is 25.5. The second-order valence-electron chi connectivity index (χ2n) is 26.5. The summed E-state index contributed by atoms with van der Waals surface area (Å²) in [6, 6.07) is 0. The van der Waals surface area contributed by atoms with Crippen LogP contribution in [0.2, 0.25) is 0 Å². The maximum absolute atomic E-state index is 14.4. The van der Waals surface area contributed by atoms with E-state index in [-0.39, 0.29) is 0 Å². The Balaban J connectivity index is 0.000000340. The van der Waals surface area contributed by atoms with Gasteiger partial charge < -0.3 is 14.9 Å². The van der Waals surface area contributed by atoms with Crippen molar-refractivity contribution in [3.8, 4) is 0 Å². The number of benzene rings is 6. The standard InChI is InChI=1S/C37H77N.2C18BF15.C3H3N2/c1-4-6-8-10-12-14-16-18-20-22-24-26-28-30-32-34-36-38(3)37-35-33-31-29-27-25-23-21-19-17-15-13-11-9-7-5-2;2*20-4-1(5(21)11(27)16(32)10(4)26)19(2-6(22)12(28)17(33)13(29)7(2)23)3-8(24)14(30)18(34)15(31)9(3)25;1-2-5-3-4-1/h4-37H2,1-3H3;;;1-3H/q;;;-1/p+1. The zero-order valence-electron chi connectivity index (χ0n) is 60.7. The zero-order valence-corrected chi connectivity index (χ0v) is 60.7. The van der Waals surface area contributed by atoms with Crippen LogP contribution >= 0.6 is 0 Å². The number of nitrogens with one attached hydrogen (secondary N) is 1. The first-order chi connectivity index (χ1) is 52.6. The average molecular weight is 1630 g/mol. The van der Waals surface area contributed by atoms with E-state index in [1.165, 1.54) is 225 Å². The highest BCUT2D eigenvalue weighted by molar-refractivity contribution is 6.96. The highest BCUT2D eigenvalue weighted by Crippen LogP contribution is 2.28. The van der Waals surface area contributed by atoms with E-state index in [2.05, 4.69) is 30.9 Å². The smallest absolute Gasteiger partial charge is 0.265 e. The first kappa shape index (κ1) is 95.9. The summed E-state index contributed by atoms with van der Waals surface area (Å²) in [6.45, 7) is -0.502. The van der Waals surface area contributed by atoms with Gasteiger partial charge in [-0.2, -0.15) is 0 Å². The number of nitrogens with zero attached hydrogens (tertiary/aromatic N) is 2. The molecule has 6 aromatic carbocycles. The molecule has 3 nitrogen and oxygen atoms in total. The van der Waals surface area contributed by atoms with Gasteiger partial charge in [-0.3, -0.25) is 0 Å². The highest BCUT2D eigenvalue weighted by atomic mass is 19.2. The molecule has 0 spiro atoms. The second-order valence-corrected chi connectivity index (χ2v) is 26.5. The van der Waals surface area contributed by atoms with E-state index in [4.69, 9.17) is 0 Å². The van der Waals surface area contributed by atoms with Crippen LogP contribution < -0.4 is 42.7 Å². The Morgan fingerprint density at radius 2 is 0.351 bits per heavy atom. The van der Waals surface area contributed by atoms with Crippen molar-refractivity contribution >= 4 is 46.2 Å². The molecule has 0 aliphatic heterocycles. The molecule has 0 bridgehead atoms. The van der Waals surface area contributed by atoms with Gasteiger partial charge in [0, 0.05) is 32.8 Å². The lowest BCUT2D eigenvalue weighted by molar-refractivity contribution is -0.880. The summed E-state index contributed by atoms with van der Waals surface area (Å²) < 4.78 is 417. The molecule has 616 valence electrons. The predicted octanol–water partition coefficient (Wildman–Crippen LogP) is 20.6. The van der Waals surface area contributed by atoms with Crippen molar-refractivity contribution < 1.29 is 137 Å². The highest BCUT2D eigenvalue weighted by Gasteiger charge is 2.47. The van der Waals surface area contributed by atoms with Crippen LogP contribution in [0.5, 0.6) is 0 Å². The van der Waals surface area contributed by atoms with Crippen molar-refractivity contribution in [2.24, 2.45) is 0 Å². The lowest BCUT2D eigenvalue weighted by Gasteiger charge is -2.21. The van der Waals surface area contributed by atoms with Crippen molar-refractivity contribution in [2.75, 3.05) is 20.1 Å². The van der Waals surface area contributed by atoms with Crippen LogP contribution in [0, 0.1) is 175 Å². The molecule has 0 atom stereocenters. The van der Waals surface area contributed by atoms with E-state index < -0.39 is 221 Å². The van der Waals surface area contributed by atoms with Gasteiger partial charge in [-0.25, -0.2) is 132 Å². The largest absolute Gasteiger partial charge is 0.450 e. The molecule has 111 heavy (non-hydrogen) atoms. The summed E-state index contributed by atoms with van der Waals surface area (Å²) in [5.74, 6) is -90.4. The monoisotopic (exact) mass is 1630 g/mol. The number of hydrogen-bond donors (Lipinski definition) is 1. The summed E-state index contributed by atoms with van der Waals surface area (Å²) in [6.07, 6.45) is 51.8. The van der Waals surface area contributed by atoms with Gasteiger partial charge in [-0.05, 0) is 25.7 Å². The predicted molar refractivity (Wildman–Crippen MR) is 360 cm³/mol. The summed E-state index contributed by atoms with van der Waals surface area (Å²) in [4.78, 5) is 9.00. The molecule has 35 heteroatoms. The molecule has 0 fully saturated rings. The molecule has 0 unspecified atom stereocenters. The minimum absolute atomic E-state index is 1.37. The van der Waals surface area contributed by atoms with Crippen molar-refractivity contribution in [1.29, 1.82) is 0 Å². The van der Waals surface area contributed by atoms with Crippen LogP contribution in [0.1, 0.15) is 219 Å². The molecule has 7 rings (SSSR count). The molecule has 1 aromatic heterocycles. The van der Waals surface area contributed by atoms with Crippen LogP contribution in [0.15, 0.2) is 18.7 Å². The SMILES string of the molecule is CCCCCCCCCCCCCCCCCC[NH+](C)CCCCCCCCCCCCCCCCCC.Fc1c(F)c(F)c(B(c2c(F)c(F)c(F)c(F)c2F)c2c(F)c(F)c(F)c(F)c2F)c(F)c1F.Fc1c(F)c(F)c(B(c2c(F)c(F)c(F)c(F)c2F)c2c(F)c(F)c(F)c(F)c2F)c(F)c1F.c1c[n-]cn1. The summed E-state index contributed by atoms with van der Waals surface area (Å²) in [5.41, 5.74) is -16.1. The van der Waals surface area contributed by atoms with Crippen LogP contribution in [0.3, 0.4) is 0 Å². The van der Waals surface area contributed by atoms with Crippen molar-refractivity contribution in [2.45, 2.75) is 219 Å². The van der Waals surface area contributed by atoms with Gasteiger partial charge in [0.25, 0.3) is 13.4 Å². The van der Waals surface area contributed by atoms with Gasteiger partial charge in [0.05, 0.1) is 20.1 Å². The molecule has 1 N–H and O–H groups in total. The van der Waals surface area contributed by atoms with E-state index in [1.54, 1.807) is 17.3 Å². The molecule has 0 aliphatic rings. The van der Waals surface area contributed by atoms with Crippen molar-refractivity contribution in [3.63, 3.8) is 0 Å². The molecule has 0 amide bonds. The fourth-order valence-electron chi connectivity index (χ4n) is 12.4. The fourth-order valence-corrected chi connectivity index (χ4v) is 12.4. The van der Waals surface area contributed by atoms with Gasteiger partial charge in [0.1, 0.15) is 0 Å². The van der Waals surface area contributed by atoms with E-state index in [0.717, 1.165) is 0 Å². The summed E-state index contributed by atoms with van der Waals surface area (Å²) in [5, 5.41) is 0. The number of halogens is 30. The van der Waals surface area contributed by atoms with Gasteiger partial charge in [-0.15, -0.1) is 0 Å². The van der Waals surface area contributed by atoms with E-state index in [9.17, 15) is 132 Å². The Morgan fingerprint density at radius 3 is 0.468 bits per heavy atom. The number of aromatic nitrogens is 2. The molecule has 0 saturated heterocycles. The van der Waals surface area contributed by atoms with Crippen molar-refractivity contribution in [1.82, 2.24) is 9.97 Å². The van der Waals surface area contributed by atoms with Crippen LogP contribution in [0.25, 0.3) is 0 Å². The summed E-state index contributed by atoms with van der Waals surface area (Å²) in [7, 11) is 2.43. The van der Waals surface area contributed by atoms with E-state index in [1.807, 2.05) is 0 Å². The number of hydrogen-bond acceptors (Lipinski definition) is 1. The molecular formula is C76H81B2F30N3. The minimum Gasteiger partial charge on any atom is -0.450 e. The maximum atomic E-state index is 14.4. The molecule has 7 aromatic rings. The molecular weight excluding hydrogens is 1550 g/mol. The quantitative estimate of drug-likeness (QED) is 0.0136. The Labute approximate surface area is 623 Å². The van der Waals surface area contributed by atoms with Gasteiger partial charge in [0.2, 0.25) is 0 Å². The Bertz CT molecular complexity index is 3340. The number of rotatable bonds is 40. The second kappa shape index (κ2) is 47.9. The molecule has 0 saturated carbocycles. The number of unbranched alkanes of at least 4 members (excludes halogenated alkanes) is 30. The first-order valence-corrected chi connectivity index (χ1v) is 36.4. The van der Waals surface area contributed by atoms with E-state index in [0.29, 0.717) is 0 Å². The Hall–Kier alpha value is -7.48. The number of imidazole rings is 1. The first-order valence-electron chi connectivity index (χ1n) is 36.4. The zero-order chi connectivity index (χ0) is 83.1. The van der Waals surface area contributed by atoms with E-state index >= 15 is 0 Å². The normalized spacial score (nSPS) is 11.3. The van der Waals surface area contributed by atoms with Gasteiger partial charge >= 0.3 is 0 Å². The molecule has 0 aliphatic carbocycles. The molecule has 1 heterocycles. The third-order valence-corrected chi connectivity index (χ3v) is 18.5.